The summed E-state index contributed by atoms with van der Waals surface area (Å²) in [5.41, 5.74) is 2.30. The summed E-state index contributed by atoms with van der Waals surface area (Å²) >= 11 is 3.48. The van der Waals surface area contributed by atoms with Crippen molar-refractivity contribution in [3.63, 3.8) is 0 Å². The summed E-state index contributed by atoms with van der Waals surface area (Å²) in [6.07, 6.45) is 0. The highest BCUT2D eigenvalue weighted by Gasteiger charge is 2.09. The van der Waals surface area contributed by atoms with Gasteiger partial charge in [0.15, 0.2) is 0 Å². The zero-order valence-corrected chi connectivity index (χ0v) is 12.2. The lowest BCUT2D eigenvalue weighted by atomic mass is 10.2. The van der Waals surface area contributed by atoms with Crippen LogP contribution in [-0.2, 0) is 0 Å². The first kappa shape index (κ1) is 13.2. The Morgan fingerprint density at radius 2 is 1.88 bits per heavy atom. The molecule has 0 unspecified atom stereocenters. The molecule has 0 aliphatic heterocycles. The number of aromatic nitrogens is 2. The van der Waals surface area contributed by atoms with E-state index in [-0.39, 0.29) is 0 Å². The van der Waals surface area contributed by atoms with Crippen LogP contribution in [-0.4, -0.2) is 9.78 Å². The average Bonchev–Trinajstić information content (AvgIpc) is 2.58. The fourth-order valence-electron chi connectivity index (χ4n) is 1.66. The Hall–Kier alpha value is -0.830. The Morgan fingerprint density at radius 3 is 2.44 bits per heavy atom. The zero-order chi connectivity index (χ0) is 12.3. The van der Waals surface area contributed by atoms with E-state index in [1.807, 2.05) is 13.8 Å². The van der Waals surface area contributed by atoms with Crippen LogP contribution < -0.4 is 0 Å². The van der Waals surface area contributed by atoms with E-state index in [9.17, 15) is 0 Å². The van der Waals surface area contributed by atoms with Gasteiger partial charge in [-0.25, -0.2) is 0 Å². The highest BCUT2D eigenvalue weighted by Crippen LogP contribution is 2.24. The summed E-state index contributed by atoms with van der Waals surface area (Å²) in [6, 6.07) is 6.69. The van der Waals surface area contributed by atoms with Gasteiger partial charge in [0, 0.05) is 15.9 Å². The number of halogens is 1. The van der Waals surface area contributed by atoms with Crippen LogP contribution in [0.1, 0.15) is 39.4 Å². The zero-order valence-electron chi connectivity index (χ0n) is 10.6. The third-order valence-corrected chi connectivity index (χ3v) is 2.84. The van der Waals surface area contributed by atoms with Crippen molar-refractivity contribution in [1.82, 2.24) is 9.78 Å². The average molecular weight is 283 g/mol. The Kier molecular flexibility index (Phi) is 4.54. The van der Waals surface area contributed by atoms with Crippen molar-refractivity contribution >= 4 is 26.8 Å². The molecule has 0 aliphatic rings. The summed E-state index contributed by atoms with van der Waals surface area (Å²) in [7, 11) is 0. The molecule has 2 aromatic rings. The van der Waals surface area contributed by atoms with Gasteiger partial charge in [-0.15, -0.1) is 0 Å². The minimum Gasteiger partial charge on any atom is -0.262 e. The van der Waals surface area contributed by atoms with Crippen molar-refractivity contribution in [3.8, 4) is 0 Å². The van der Waals surface area contributed by atoms with Gasteiger partial charge >= 0.3 is 0 Å². The molecule has 0 saturated heterocycles. The largest absolute Gasteiger partial charge is 0.262 e. The highest BCUT2D eigenvalue weighted by molar-refractivity contribution is 9.10. The minimum atomic E-state index is 0.403. The molecule has 1 heterocycles. The summed E-state index contributed by atoms with van der Waals surface area (Å²) in [4.78, 5) is 0. The van der Waals surface area contributed by atoms with Gasteiger partial charge in [-0.1, -0.05) is 29.8 Å². The SMILES string of the molecule is CC.Cc1nn(C(C)C)c2cc(Br)ccc12. The summed E-state index contributed by atoms with van der Waals surface area (Å²) in [6.45, 7) is 10.3. The predicted octanol–water partition coefficient (Wildman–Crippen LogP) is 4.71. The number of rotatable bonds is 1. The van der Waals surface area contributed by atoms with E-state index in [1.54, 1.807) is 0 Å². The van der Waals surface area contributed by atoms with E-state index >= 15 is 0 Å². The van der Waals surface area contributed by atoms with Crippen molar-refractivity contribution in [1.29, 1.82) is 0 Å². The minimum absolute atomic E-state index is 0.403. The van der Waals surface area contributed by atoms with Crippen LogP contribution in [0.3, 0.4) is 0 Å². The molecular weight excluding hydrogens is 264 g/mol. The smallest absolute Gasteiger partial charge is 0.0699 e. The summed E-state index contributed by atoms with van der Waals surface area (Å²) < 4.78 is 3.17. The molecule has 2 rings (SSSR count). The van der Waals surface area contributed by atoms with Crippen molar-refractivity contribution in [3.05, 3.63) is 28.4 Å². The van der Waals surface area contributed by atoms with Crippen LogP contribution in [0.25, 0.3) is 10.9 Å². The van der Waals surface area contributed by atoms with Crippen LogP contribution in [0.2, 0.25) is 0 Å². The fourth-order valence-corrected chi connectivity index (χ4v) is 2.01. The molecule has 0 aliphatic carbocycles. The van der Waals surface area contributed by atoms with Gasteiger partial charge in [-0.3, -0.25) is 4.68 Å². The molecule has 0 atom stereocenters. The topological polar surface area (TPSA) is 17.8 Å². The molecule has 0 bridgehead atoms. The lowest BCUT2D eigenvalue weighted by Gasteiger charge is -2.06. The van der Waals surface area contributed by atoms with E-state index in [4.69, 9.17) is 0 Å². The first-order valence-corrected chi connectivity index (χ1v) is 6.53. The first-order chi connectivity index (χ1) is 7.59. The third-order valence-electron chi connectivity index (χ3n) is 2.34. The molecule has 88 valence electrons. The van der Waals surface area contributed by atoms with Gasteiger partial charge in [0.2, 0.25) is 0 Å². The fraction of sp³-hybridized carbons (Fsp3) is 0.462. The molecule has 0 fully saturated rings. The van der Waals surface area contributed by atoms with Gasteiger partial charge in [0.25, 0.3) is 0 Å². The Bertz CT molecular complexity index is 472. The lowest BCUT2D eigenvalue weighted by Crippen LogP contribution is -2.02. The van der Waals surface area contributed by atoms with Crippen molar-refractivity contribution in [2.75, 3.05) is 0 Å². The molecule has 3 heteroatoms. The van der Waals surface area contributed by atoms with Crippen molar-refractivity contribution < 1.29 is 0 Å². The second kappa shape index (κ2) is 5.48. The van der Waals surface area contributed by atoms with Crippen LogP contribution in [0.4, 0.5) is 0 Å². The number of hydrogen-bond acceptors (Lipinski definition) is 1. The standard InChI is InChI=1S/C11H13BrN2.C2H6/c1-7(2)14-11-6-9(12)4-5-10(11)8(3)13-14;1-2/h4-7H,1-3H3;1-2H3. The maximum atomic E-state index is 4.53. The predicted molar refractivity (Wildman–Crippen MR) is 73.9 cm³/mol. The van der Waals surface area contributed by atoms with Crippen molar-refractivity contribution in [2.45, 2.75) is 40.7 Å². The van der Waals surface area contributed by atoms with Gasteiger partial charge in [-0.05, 0) is 39.0 Å². The second-order valence-electron chi connectivity index (χ2n) is 3.79. The number of aryl methyl sites for hydroxylation is 1. The van der Waals surface area contributed by atoms with Crippen LogP contribution >= 0.6 is 15.9 Å². The van der Waals surface area contributed by atoms with E-state index in [0.29, 0.717) is 6.04 Å². The summed E-state index contributed by atoms with van der Waals surface area (Å²) in [5.74, 6) is 0. The Morgan fingerprint density at radius 1 is 1.25 bits per heavy atom. The van der Waals surface area contributed by atoms with Crippen molar-refractivity contribution in [2.24, 2.45) is 0 Å². The molecule has 0 radical (unpaired) electrons. The highest BCUT2D eigenvalue weighted by atomic mass is 79.9. The molecule has 0 saturated carbocycles. The maximum Gasteiger partial charge on any atom is 0.0699 e. The van der Waals surface area contributed by atoms with Gasteiger partial charge in [0.1, 0.15) is 0 Å². The molecule has 2 nitrogen and oxygen atoms in total. The van der Waals surface area contributed by atoms with E-state index < -0.39 is 0 Å². The molecule has 0 amide bonds. The Labute approximate surface area is 106 Å². The second-order valence-corrected chi connectivity index (χ2v) is 4.70. The first-order valence-electron chi connectivity index (χ1n) is 5.74. The summed E-state index contributed by atoms with van der Waals surface area (Å²) in [5, 5.41) is 5.76. The van der Waals surface area contributed by atoms with Gasteiger partial charge in [0.05, 0.1) is 11.2 Å². The number of nitrogens with zero attached hydrogens (tertiary/aromatic N) is 2. The van der Waals surface area contributed by atoms with E-state index in [1.165, 1.54) is 10.9 Å². The van der Waals surface area contributed by atoms with E-state index in [2.05, 4.69) is 64.7 Å². The molecular formula is C13H19BrN2. The number of hydrogen-bond donors (Lipinski definition) is 0. The van der Waals surface area contributed by atoms with Crippen LogP contribution in [0.5, 0.6) is 0 Å². The van der Waals surface area contributed by atoms with Crippen LogP contribution in [0, 0.1) is 6.92 Å². The quantitative estimate of drug-likeness (QED) is 0.740. The monoisotopic (exact) mass is 282 g/mol. The molecule has 0 N–H and O–H groups in total. The molecule has 0 spiro atoms. The maximum absolute atomic E-state index is 4.53. The third kappa shape index (κ3) is 2.46. The van der Waals surface area contributed by atoms with Gasteiger partial charge in [-0.2, -0.15) is 5.10 Å². The molecule has 16 heavy (non-hydrogen) atoms. The normalized spacial score (nSPS) is 10.4. The molecule has 1 aromatic carbocycles. The van der Waals surface area contributed by atoms with Gasteiger partial charge < -0.3 is 0 Å². The lowest BCUT2D eigenvalue weighted by molar-refractivity contribution is 0.547. The number of benzene rings is 1. The number of fused-ring (bicyclic) bond motifs is 1. The van der Waals surface area contributed by atoms with E-state index in [0.717, 1.165) is 10.2 Å². The molecule has 1 aromatic heterocycles. The Balaban J connectivity index is 0.000000606. The van der Waals surface area contributed by atoms with Crippen LogP contribution in [0.15, 0.2) is 22.7 Å².